The summed E-state index contributed by atoms with van der Waals surface area (Å²) in [5, 5.41) is 4.00. The summed E-state index contributed by atoms with van der Waals surface area (Å²) in [5.41, 5.74) is 7.24. The molecule has 0 amide bonds. The summed E-state index contributed by atoms with van der Waals surface area (Å²) < 4.78 is 30.0. The van der Waals surface area contributed by atoms with Gasteiger partial charge in [-0.15, -0.1) is 0 Å². The highest BCUT2D eigenvalue weighted by Gasteiger charge is 2.35. The molecule has 0 spiro atoms. The molecule has 0 saturated heterocycles. The molecule has 3 N–H and O–H groups in total. The third-order valence-corrected chi connectivity index (χ3v) is 4.62. The van der Waals surface area contributed by atoms with Crippen molar-refractivity contribution in [3.8, 4) is 0 Å². The second-order valence-electron chi connectivity index (χ2n) is 6.15. The van der Waals surface area contributed by atoms with Crippen LogP contribution >= 0.6 is 0 Å². The first-order valence-electron chi connectivity index (χ1n) is 7.73. The van der Waals surface area contributed by atoms with Gasteiger partial charge in [0.15, 0.2) is 5.82 Å². The lowest BCUT2D eigenvalue weighted by Crippen LogP contribution is -2.34. The first-order chi connectivity index (χ1) is 11.3. The number of hydrogen-bond donors (Lipinski definition) is 2. The lowest BCUT2D eigenvalue weighted by Gasteiger charge is -2.17. The number of benzene rings is 1. The Morgan fingerprint density at radius 2 is 1.88 bits per heavy atom. The molecule has 7 nitrogen and oxygen atoms in total. The molecule has 24 heavy (non-hydrogen) atoms. The molecule has 3 rings (SSSR count). The molecule has 1 heterocycles. The van der Waals surface area contributed by atoms with Gasteiger partial charge in [0, 0.05) is 11.8 Å². The third kappa shape index (κ3) is 4.01. The topological polar surface area (TPSA) is 111 Å². The average Bonchev–Trinajstić information content (AvgIpc) is 3.15. The van der Waals surface area contributed by atoms with E-state index in [1.807, 2.05) is 6.08 Å². The van der Waals surface area contributed by atoms with Crippen LogP contribution in [0.25, 0.3) is 12.2 Å². The first kappa shape index (κ1) is 16.7. The van der Waals surface area contributed by atoms with Crippen molar-refractivity contribution in [2.24, 2.45) is 5.73 Å². The monoisotopic (exact) mass is 348 g/mol. The standard InChI is InChI=1S/C16H20N4O3S/c1-24(21,22)20-13-7-4-12(5-8-13)6-9-14-18-15(19-23-14)16(17)10-2-3-11-16/h4-9,20H,2-3,10-11,17H2,1H3/b9-6+. The van der Waals surface area contributed by atoms with E-state index in [4.69, 9.17) is 10.3 Å². The van der Waals surface area contributed by atoms with E-state index in [-0.39, 0.29) is 0 Å². The second-order valence-corrected chi connectivity index (χ2v) is 7.90. The van der Waals surface area contributed by atoms with Crippen LogP contribution in [0.4, 0.5) is 5.69 Å². The van der Waals surface area contributed by atoms with E-state index in [1.54, 1.807) is 30.3 Å². The fourth-order valence-electron chi connectivity index (χ4n) is 2.78. The van der Waals surface area contributed by atoms with E-state index < -0.39 is 15.6 Å². The Bertz CT molecular complexity index is 834. The van der Waals surface area contributed by atoms with Crippen molar-refractivity contribution in [1.29, 1.82) is 0 Å². The van der Waals surface area contributed by atoms with Gasteiger partial charge in [-0.2, -0.15) is 4.98 Å². The summed E-state index contributed by atoms with van der Waals surface area (Å²) in [4.78, 5) is 4.36. The zero-order valence-corrected chi connectivity index (χ0v) is 14.2. The molecule has 2 aromatic rings. The molecule has 0 radical (unpaired) electrons. The van der Waals surface area contributed by atoms with Gasteiger partial charge in [0.05, 0.1) is 11.8 Å². The van der Waals surface area contributed by atoms with E-state index in [2.05, 4.69) is 14.9 Å². The Kier molecular flexibility index (Phi) is 4.42. The van der Waals surface area contributed by atoms with Gasteiger partial charge in [0.2, 0.25) is 10.0 Å². The Morgan fingerprint density at radius 1 is 1.21 bits per heavy atom. The quantitative estimate of drug-likeness (QED) is 0.858. The van der Waals surface area contributed by atoms with Crippen LogP contribution in [0, 0.1) is 0 Å². The molecule has 1 fully saturated rings. The molecule has 0 bridgehead atoms. The zero-order valence-electron chi connectivity index (χ0n) is 13.4. The van der Waals surface area contributed by atoms with E-state index in [1.165, 1.54) is 0 Å². The van der Waals surface area contributed by atoms with Crippen molar-refractivity contribution in [2.75, 3.05) is 11.0 Å². The molecular formula is C16H20N4O3S. The number of nitrogens with zero attached hydrogens (tertiary/aromatic N) is 2. The van der Waals surface area contributed by atoms with Crippen molar-refractivity contribution in [3.63, 3.8) is 0 Å². The van der Waals surface area contributed by atoms with Gasteiger partial charge in [-0.25, -0.2) is 8.42 Å². The van der Waals surface area contributed by atoms with Crippen LogP contribution in [0.3, 0.4) is 0 Å². The first-order valence-corrected chi connectivity index (χ1v) is 9.62. The van der Waals surface area contributed by atoms with Gasteiger partial charge in [0.1, 0.15) is 0 Å². The van der Waals surface area contributed by atoms with Crippen molar-refractivity contribution in [3.05, 3.63) is 41.5 Å². The lowest BCUT2D eigenvalue weighted by molar-refractivity contribution is 0.364. The molecule has 128 valence electrons. The summed E-state index contributed by atoms with van der Waals surface area (Å²) in [6, 6.07) is 6.96. The van der Waals surface area contributed by atoms with Crippen LogP contribution in [0.15, 0.2) is 28.8 Å². The van der Waals surface area contributed by atoms with Crippen molar-refractivity contribution >= 4 is 27.9 Å². The van der Waals surface area contributed by atoms with E-state index >= 15 is 0 Å². The minimum absolute atomic E-state index is 0.403. The molecule has 1 aromatic heterocycles. The van der Waals surface area contributed by atoms with Crippen LogP contribution in [0.1, 0.15) is 43.0 Å². The summed E-state index contributed by atoms with van der Waals surface area (Å²) in [6.07, 6.45) is 8.58. The molecule has 1 aliphatic rings. The fraction of sp³-hybridized carbons (Fsp3) is 0.375. The largest absolute Gasteiger partial charge is 0.335 e. The van der Waals surface area contributed by atoms with Gasteiger partial charge in [-0.05, 0) is 36.6 Å². The minimum Gasteiger partial charge on any atom is -0.335 e. The van der Waals surface area contributed by atoms with Crippen molar-refractivity contribution in [2.45, 2.75) is 31.2 Å². The van der Waals surface area contributed by atoms with Crippen LogP contribution in [0.2, 0.25) is 0 Å². The Morgan fingerprint density at radius 3 is 2.50 bits per heavy atom. The van der Waals surface area contributed by atoms with Gasteiger partial charge in [-0.3, -0.25) is 4.72 Å². The Hall–Kier alpha value is -2.19. The molecule has 8 heteroatoms. The van der Waals surface area contributed by atoms with Crippen molar-refractivity contribution in [1.82, 2.24) is 10.1 Å². The maximum atomic E-state index is 11.2. The molecule has 0 aliphatic heterocycles. The highest BCUT2D eigenvalue weighted by atomic mass is 32.2. The van der Waals surface area contributed by atoms with Gasteiger partial charge in [-0.1, -0.05) is 30.1 Å². The third-order valence-electron chi connectivity index (χ3n) is 4.02. The summed E-state index contributed by atoms with van der Waals surface area (Å²) in [6.45, 7) is 0. The number of nitrogens with two attached hydrogens (primary N) is 1. The van der Waals surface area contributed by atoms with Crippen LogP contribution in [-0.2, 0) is 15.6 Å². The minimum atomic E-state index is -3.27. The zero-order chi connectivity index (χ0) is 17.2. The maximum absolute atomic E-state index is 11.2. The Balaban J connectivity index is 1.69. The average molecular weight is 348 g/mol. The smallest absolute Gasteiger partial charge is 0.250 e. The number of nitrogens with one attached hydrogen (secondary N) is 1. The van der Waals surface area contributed by atoms with Crippen LogP contribution in [-0.4, -0.2) is 24.8 Å². The normalized spacial score (nSPS) is 17.4. The summed E-state index contributed by atoms with van der Waals surface area (Å²) >= 11 is 0. The molecule has 1 aliphatic carbocycles. The van der Waals surface area contributed by atoms with Crippen molar-refractivity contribution < 1.29 is 12.9 Å². The number of anilines is 1. The molecule has 1 saturated carbocycles. The molecular weight excluding hydrogens is 328 g/mol. The second kappa shape index (κ2) is 6.37. The predicted octanol–water partition coefficient (Wildman–Crippen LogP) is 2.34. The molecule has 0 atom stereocenters. The highest BCUT2D eigenvalue weighted by molar-refractivity contribution is 7.92. The van der Waals surface area contributed by atoms with Gasteiger partial charge < -0.3 is 10.3 Å². The number of hydrogen-bond acceptors (Lipinski definition) is 6. The van der Waals surface area contributed by atoms with Crippen LogP contribution in [0.5, 0.6) is 0 Å². The SMILES string of the molecule is CS(=O)(=O)Nc1ccc(/C=C/c2nc(C3(N)CCCC3)no2)cc1. The highest BCUT2D eigenvalue weighted by Crippen LogP contribution is 2.34. The number of aromatic nitrogens is 2. The summed E-state index contributed by atoms with van der Waals surface area (Å²) in [5.74, 6) is 0.965. The fourth-order valence-corrected chi connectivity index (χ4v) is 3.34. The molecule has 1 aromatic carbocycles. The van der Waals surface area contributed by atoms with Crippen LogP contribution < -0.4 is 10.5 Å². The van der Waals surface area contributed by atoms with E-state index in [0.29, 0.717) is 17.4 Å². The summed E-state index contributed by atoms with van der Waals surface area (Å²) in [7, 11) is -3.27. The number of sulfonamides is 1. The van der Waals surface area contributed by atoms with E-state index in [9.17, 15) is 8.42 Å². The van der Waals surface area contributed by atoms with E-state index in [0.717, 1.165) is 37.5 Å². The number of rotatable bonds is 5. The molecule has 0 unspecified atom stereocenters. The van der Waals surface area contributed by atoms with Gasteiger partial charge >= 0.3 is 0 Å². The predicted molar refractivity (Wildman–Crippen MR) is 92.5 cm³/mol. The lowest BCUT2D eigenvalue weighted by atomic mass is 9.99. The Labute approximate surface area is 141 Å². The van der Waals surface area contributed by atoms with Gasteiger partial charge in [0.25, 0.3) is 5.89 Å². The maximum Gasteiger partial charge on any atom is 0.250 e.